The largest absolute Gasteiger partial charge is 0.332 e. The predicted molar refractivity (Wildman–Crippen MR) is 111 cm³/mol. The van der Waals surface area contributed by atoms with Crippen molar-refractivity contribution in [3.63, 3.8) is 0 Å². The van der Waals surface area contributed by atoms with E-state index in [1.807, 2.05) is 6.07 Å². The van der Waals surface area contributed by atoms with Gasteiger partial charge in [-0.1, -0.05) is 5.16 Å². The number of nitriles is 1. The van der Waals surface area contributed by atoms with E-state index in [1.54, 1.807) is 13.8 Å². The summed E-state index contributed by atoms with van der Waals surface area (Å²) in [4.78, 5) is 22.1. The highest BCUT2D eigenvalue weighted by Gasteiger charge is 2.24. The molecule has 8 nitrogen and oxygen atoms in total. The molecule has 0 radical (unpaired) electrons. The van der Waals surface area contributed by atoms with Gasteiger partial charge in [0.1, 0.15) is 35.1 Å². The first-order valence-corrected chi connectivity index (χ1v) is 9.64. The number of hydrogen-bond acceptors (Lipinski definition) is 6. The summed E-state index contributed by atoms with van der Waals surface area (Å²) in [6.45, 7) is 3.53. The van der Waals surface area contributed by atoms with Crippen LogP contribution in [0.5, 0.6) is 0 Å². The highest BCUT2D eigenvalue weighted by Crippen LogP contribution is 2.28. The van der Waals surface area contributed by atoms with Crippen LogP contribution in [0.25, 0.3) is 39.5 Å². The van der Waals surface area contributed by atoms with E-state index >= 15 is 0 Å². The monoisotopic (exact) mass is 432 g/mol. The van der Waals surface area contributed by atoms with Gasteiger partial charge < -0.3 is 9.09 Å². The van der Waals surface area contributed by atoms with Gasteiger partial charge in [-0.2, -0.15) is 10.2 Å². The summed E-state index contributed by atoms with van der Waals surface area (Å²) in [6.07, 6.45) is 1.39. The van der Waals surface area contributed by atoms with Crippen molar-refractivity contribution in [1.82, 2.24) is 24.1 Å². The van der Waals surface area contributed by atoms with E-state index in [2.05, 4.69) is 15.1 Å². The van der Waals surface area contributed by atoms with Crippen LogP contribution >= 0.6 is 0 Å². The molecule has 3 heterocycles. The summed E-state index contributed by atoms with van der Waals surface area (Å²) in [5, 5.41) is 13.4. The lowest BCUT2D eigenvalue weighted by atomic mass is 10.1. The van der Waals surface area contributed by atoms with Gasteiger partial charge in [0.05, 0.1) is 11.0 Å². The standard InChI is InChI=1S/C22H14F2N6O2/c1-11(2)30-18-14(9-25)15(24)7-8-16(18)29-10-26-17(19(29)22(30)31)21-27-20(28-32-21)12-3-5-13(23)6-4-12/h3-8,10-11H,1-2H3. The van der Waals surface area contributed by atoms with Crippen LogP contribution < -0.4 is 5.56 Å². The predicted octanol–water partition coefficient (Wildman–Crippen LogP) is 4.10. The Kier molecular flexibility index (Phi) is 4.34. The van der Waals surface area contributed by atoms with E-state index < -0.39 is 17.2 Å². The maximum Gasteiger partial charge on any atom is 0.279 e. The van der Waals surface area contributed by atoms with Crippen molar-refractivity contribution in [2.45, 2.75) is 19.9 Å². The van der Waals surface area contributed by atoms with Crippen LogP contribution in [0.4, 0.5) is 8.78 Å². The Balaban J connectivity index is 1.80. The van der Waals surface area contributed by atoms with Crippen LogP contribution in [-0.2, 0) is 0 Å². The maximum absolute atomic E-state index is 14.3. The van der Waals surface area contributed by atoms with Gasteiger partial charge >= 0.3 is 0 Å². The number of halogens is 2. The lowest BCUT2D eigenvalue weighted by molar-refractivity contribution is 0.431. The lowest BCUT2D eigenvalue weighted by Gasteiger charge is -2.16. The van der Waals surface area contributed by atoms with Crippen molar-refractivity contribution in [2.24, 2.45) is 0 Å². The van der Waals surface area contributed by atoms with Crippen LogP contribution in [0, 0.1) is 23.0 Å². The maximum atomic E-state index is 14.3. The summed E-state index contributed by atoms with van der Waals surface area (Å²) in [5.41, 5.74) is 0.741. The Morgan fingerprint density at radius 1 is 1.09 bits per heavy atom. The summed E-state index contributed by atoms with van der Waals surface area (Å²) < 4.78 is 35.7. The molecule has 10 heteroatoms. The molecule has 0 N–H and O–H groups in total. The molecule has 0 saturated heterocycles. The smallest absolute Gasteiger partial charge is 0.279 e. The van der Waals surface area contributed by atoms with Crippen molar-refractivity contribution >= 4 is 16.6 Å². The molecule has 158 valence electrons. The molecule has 0 aliphatic heterocycles. The van der Waals surface area contributed by atoms with E-state index in [0.29, 0.717) is 11.1 Å². The molecule has 0 unspecified atom stereocenters. The second kappa shape index (κ2) is 7.09. The highest BCUT2D eigenvalue weighted by molar-refractivity contribution is 5.87. The molecule has 5 rings (SSSR count). The van der Waals surface area contributed by atoms with Gasteiger partial charge in [-0.15, -0.1) is 0 Å². The zero-order valence-corrected chi connectivity index (χ0v) is 16.9. The lowest BCUT2D eigenvalue weighted by Crippen LogP contribution is -2.25. The number of benzene rings is 2. The zero-order chi connectivity index (χ0) is 22.6. The number of hydrogen-bond donors (Lipinski definition) is 0. The van der Waals surface area contributed by atoms with E-state index in [1.165, 1.54) is 51.7 Å². The van der Waals surface area contributed by atoms with Crippen molar-refractivity contribution < 1.29 is 13.3 Å². The molecular weight excluding hydrogens is 418 g/mol. The number of aromatic nitrogens is 5. The van der Waals surface area contributed by atoms with E-state index in [4.69, 9.17) is 4.52 Å². The minimum atomic E-state index is -0.714. The third kappa shape index (κ3) is 2.79. The summed E-state index contributed by atoms with van der Waals surface area (Å²) in [6, 6.07) is 9.71. The van der Waals surface area contributed by atoms with Gasteiger partial charge in [0, 0.05) is 11.6 Å². The second-order valence-corrected chi connectivity index (χ2v) is 7.41. The van der Waals surface area contributed by atoms with Gasteiger partial charge in [-0.05, 0) is 50.2 Å². The van der Waals surface area contributed by atoms with Gasteiger partial charge in [-0.25, -0.2) is 13.8 Å². The van der Waals surface area contributed by atoms with Crippen LogP contribution in [0.2, 0.25) is 0 Å². The summed E-state index contributed by atoms with van der Waals surface area (Å²) >= 11 is 0. The molecule has 5 aromatic rings. The Labute approximate surface area is 179 Å². The summed E-state index contributed by atoms with van der Waals surface area (Å²) in [5.74, 6) is -0.901. The minimum Gasteiger partial charge on any atom is -0.332 e. The molecule has 3 aromatic heterocycles. The van der Waals surface area contributed by atoms with E-state index in [9.17, 15) is 18.8 Å². The first-order chi connectivity index (χ1) is 15.4. The van der Waals surface area contributed by atoms with Crippen LogP contribution in [0.1, 0.15) is 25.5 Å². The molecular formula is C22H14F2N6O2. The molecule has 0 bridgehead atoms. The normalized spacial score (nSPS) is 11.5. The van der Waals surface area contributed by atoms with Crippen LogP contribution in [0.3, 0.4) is 0 Å². The second-order valence-electron chi connectivity index (χ2n) is 7.41. The van der Waals surface area contributed by atoms with E-state index in [-0.39, 0.29) is 40.0 Å². The molecule has 0 aliphatic carbocycles. The molecule has 0 fully saturated rings. The van der Waals surface area contributed by atoms with Crippen molar-refractivity contribution in [3.05, 3.63) is 70.3 Å². The Morgan fingerprint density at radius 2 is 1.84 bits per heavy atom. The minimum absolute atomic E-state index is 0.00111. The number of imidazole rings is 1. The SMILES string of the molecule is CC(C)n1c(=O)c2c(-c3nc(-c4ccc(F)cc4)no3)ncn2c2ccc(F)c(C#N)c21. The molecule has 0 saturated carbocycles. The van der Waals surface area contributed by atoms with Crippen LogP contribution in [-0.4, -0.2) is 24.1 Å². The third-order valence-electron chi connectivity index (χ3n) is 5.15. The first kappa shape index (κ1) is 19.6. The van der Waals surface area contributed by atoms with Crippen LogP contribution in [0.15, 0.2) is 52.0 Å². The fraction of sp³-hybridized carbons (Fsp3) is 0.136. The number of nitrogens with zero attached hydrogens (tertiary/aromatic N) is 6. The Morgan fingerprint density at radius 3 is 2.53 bits per heavy atom. The number of fused-ring (bicyclic) bond motifs is 3. The molecule has 0 aliphatic rings. The zero-order valence-electron chi connectivity index (χ0n) is 16.9. The first-order valence-electron chi connectivity index (χ1n) is 9.64. The van der Waals surface area contributed by atoms with E-state index in [0.717, 1.165) is 0 Å². The molecule has 0 amide bonds. The Bertz CT molecular complexity index is 1610. The van der Waals surface area contributed by atoms with Crippen molar-refractivity contribution in [3.8, 4) is 29.0 Å². The topological polar surface area (TPSA) is 102 Å². The van der Waals surface area contributed by atoms with Gasteiger partial charge in [0.2, 0.25) is 5.82 Å². The average molecular weight is 432 g/mol. The van der Waals surface area contributed by atoms with Gasteiger partial charge in [-0.3, -0.25) is 9.20 Å². The molecule has 32 heavy (non-hydrogen) atoms. The van der Waals surface area contributed by atoms with Crippen molar-refractivity contribution in [2.75, 3.05) is 0 Å². The quantitative estimate of drug-likeness (QED) is 0.425. The average Bonchev–Trinajstić information content (AvgIpc) is 3.42. The fourth-order valence-corrected chi connectivity index (χ4v) is 3.74. The molecule has 0 atom stereocenters. The highest BCUT2D eigenvalue weighted by atomic mass is 19.1. The summed E-state index contributed by atoms with van der Waals surface area (Å²) in [7, 11) is 0. The van der Waals surface area contributed by atoms with Crippen molar-refractivity contribution in [1.29, 1.82) is 5.26 Å². The van der Waals surface area contributed by atoms with Gasteiger partial charge in [0.15, 0.2) is 5.69 Å². The third-order valence-corrected chi connectivity index (χ3v) is 5.15. The molecule has 0 spiro atoms. The Hall–Kier alpha value is -4.39. The molecule has 2 aromatic carbocycles. The fourth-order valence-electron chi connectivity index (χ4n) is 3.74. The number of rotatable bonds is 3. The van der Waals surface area contributed by atoms with Gasteiger partial charge in [0.25, 0.3) is 11.4 Å².